The van der Waals surface area contributed by atoms with Crippen LogP contribution in [0.3, 0.4) is 0 Å². The van der Waals surface area contributed by atoms with Crippen molar-refractivity contribution >= 4 is 17.7 Å². The van der Waals surface area contributed by atoms with Crippen LogP contribution in [-0.4, -0.2) is 59.5 Å². The predicted octanol–water partition coefficient (Wildman–Crippen LogP) is 5.76. The van der Waals surface area contributed by atoms with Crippen molar-refractivity contribution in [2.24, 2.45) is 5.92 Å². The Balaban J connectivity index is 2.17. The van der Waals surface area contributed by atoms with Crippen LogP contribution in [0, 0.1) is 5.92 Å². The van der Waals surface area contributed by atoms with E-state index < -0.39 is 12.1 Å². The van der Waals surface area contributed by atoms with Crippen molar-refractivity contribution in [2.75, 3.05) is 19.6 Å². The number of aliphatic hydroxyl groups excluding tert-OH is 1. The molecule has 2 aromatic rings. The first-order chi connectivity index (χ1) is 19.8. The molecule has 0 fully saturated rings. The Morgan fingerprint density at radius 3 is 2.15 bits per heavy atom. The number of aliphatic hydroxyl groups is 1. The summed E-state index contributed by atoms with van der Waals surface area (Å²) in [5.41, 5.74) is 1.82. The molecule has 3 N–H and O–H groups in total. The standard InChI is InChI=1S/C34H51N3O4/c1-5-9-10-14-20-35-32(39)27(8-4)25-31(38)30(23-26-16-12-11-13-17-26)36-33(40)28-18-15-19-29(24-28)34(41)37(21-6-2)22-7-3/h11-13,15-19,24,27,30-31,38H,5-10,14,20-23,25H2,1-4H3,(H,35,39)(H,36,40). The Morgan fingerprint density at radius 2 is 1.51 bits per heavy atom. The maximum atomic E-state index is 13.4. The molecule has 2 rings (SSSR count). The molecule has 0 bridgehead atoms. The second kappa shape index (κ2) is 19.0. The Hall–Kier alpha value is -3.19. The molecule has 0 radical (unpaired) electrons. The van der Waals surface area contributed by atoms with E-state index in [0.717, 1.165) is 44.1 Å². The molecular weight excluding hydrogens is 514 g/mol. The maximum absolute atomic E-state index is 13.4. The van der Waals surface area contributed by atoms with Gasteiger partial charge in [-0.1, -0.05) is 83.4 Å². The molecule has 0 heterocycles. The highest BCUT2D eigenvalue weighted by molar-refractivity contribution is 5.99. The van der Waals surface area contributed by atoms with Crippen molar-refractivity contribution in [2.45, 2.75) is 97.6 Å². The molecule has 0 saturated heterocycles. The van der Waals surface area contributed by atoms with E-state index in [4.69, 9.17) is 0 Å². The van der Waals surface area contributed by atoms with E-state index in [0.29, 0.717) is 43.6 Å². The Bertz CT molecular complexity index is 1050. The van der Waals surface area contributed by atoms with Crippen LogP contribution in [0.25, 0.3) is 0 Å². The molecule has 2 aromatic carbocycles. The number of hydrogen-bond acceptors (Lipinski definition) is 4. The second-order valence-corrected chi connectivity index (χ2v) is 10.9. The van der Waals surface area contributed by atoms with E-state index in [1.807, 2.05) is 56.0 Å². The summed E-state index contributed by atoms with van der Waals surface area (Å²) in [4.78, 5) is 41.3. The van der Waals surface area contributed by atoms with Gasteiger partial charge in [-0.3, -0.25) is 14.4 Å². The number of rotatable bonds is 19. The van der Waals surface area contributed by atoms with Gasteiger partial charge in [0.1, 0.15) is 0 Å². The van der Waals surface area contributed by atoms with Gasteiger partial charge in [-0.05, 0) is 62.3 Å². The number of unbranched alkanes of at least 4 members (excludes halogenated alkanes) is 3. The number of nitrogens with one attached hydrogen (secondary N) is 2. The third kappa shape index (κ3) is 11.7. The van der Waals surface area contributed by atoms with Crippen molar-refractivity contribution in [3.8, 4) is 0 Å². The van der Waals surface area contributed by atoms with E-state index >= 15 is 0 Å². The highest BCUT2D eigenvalue weighted by Crippen LogP contribution is 2.18. The fourth-order valence-electron chi connectivity index (χ4n) is 5.06. The summed E-state index contributed by atoms with van der Waals surface area (Å²) in [6, 6.07) is 15.9. The third-order valence-corrected chi connectivity index (χ3v) is 7.44. The normalized spacial score (nSPS) is 13.2. The first-order valence-electron chi connectivity index (χ1n) is 15.5. The molecule has 226 valence electrons. The highest BCUT2D eigenvalue weighted by atomic mass is 16.3. The molecule has 0 spiro atoms. The average Bonchev–Trinajstić information content (AvgIpc) is 2.99. The Morgan fingerprint density at radius 1 is 0.829 bits per heavy atom. The molecule has 0 aliphatic carbocycles. The van der Waals surface area contributed by atoms with Crippen molar-refractivity contribution in [1.82, 2.24) is 15.5 Å². The van der Waals surface area contributed by atoms with E-state index in [2.05, 4.69) is 17.6 Å². The summed E-state index contributed by atoms with van der Waals surface area (Å²) in [6.45, 7) is 10.2. The Kier molecular flexibility index (Phi) is 15.8. The van der Waals surface area contributed by atoms with Gasteiger partial charge in [-0.15, -0.1) is 0 Å². The lowest BCUT2D eigenvalue weighted by Crippen LogP contribution is -2.46. The first-order valence-corrected chi connectivity index (χ1v) is 15.5. The second-order valence-electron chi connectivity index (χ2n) is 10.9. The fraction of sp³-hybridized carbons (Fsp3) is 0.559. The molecular formula is C34H51N3O4. The molecule has 0 saturated carbocycles. The fourth-order valence-corrected chi connectivity index (χ4v) is 5.06. The zero-order chi connectivity index (χ0) is 30.0. The van der Waals surface area contributed by atoms with Crippen molar-refractivity contribution < 1.29 is 19.5 Å². The molecule has 7 nitrogen and oxygen atoms in total. The average molecular weight is 566 g/mol. The van der Waals surface area contributed by atoms with E-state index in [-0.39, 0.29) is 30.1 Å². The van der Waals surface area contributed by atoms with Crippen LogP contribution >= 0.6 is 0 Å². The number of hydrogen-bond donors (Lipinski definition) is 3. The van der Waals surface area contributed by atoms with Gasteiger partial charge in [0, 0.05) is 36.7 Å². The lowest BCUT2D eigenvalue weighted by atomic mass is 9.91. The first kappa shape index (κ1) is 34.0. The maximum Gasteiger partial charge on any atom is 0.253 e. The highest BCUT2D eigenvalue weighted by Gasteiger charge is 2.28. The minimum Gasteiger partial charge on any atom is -0.391 e. The Labute approximate surface area is 247 Å². The van der Waals surface area contributed by atoms with Crippen LogP contribution in [0.5, 0.6) is 0 Å². The minimum atomic E-state index is -0.927. The third-order valence-electron chi connectivity index (χ3n) is 7.44. The van der Waals surface area contributed by atoms with Crippen LogP contribution in [0.4, 0.5) is 0 Å². The summed E-state index contributed by atoms with van der Waals surface area (Å²) in [5, 5.41) is 17.4. The van der Waals surface area contributed by atoms with Crippen molar-refractivity contribution in [3.63, 3.8) is 0 Å². The minimum absolute atomic E-state index is 0.0530. The number of carbonyl (C=O) groups is 3. The molecule has 0 aromatic heterocycles. The largest absolute Gasteiger partial charge is 0.391 e. The number of amides is 3. The van der Waals surface area contributed by atoms with Gasteiger partial charge < -0.3 is 20.6 Å². The quantitative estimate of drug-likeness (QED) is 0.189. The lowest BCUT2D eigenvalue weighted by Gasteiger charge is -2.27. The zero-order valence-electron chi connectivity index (χ0n) is 25.5. The summed E-state index contributed by atoms with van der Waals surface area (Å²) >= 11 is 0. The van der Waals surface area contributed by atoms with Gasteiger partial charge in [0.05, 0.1) is 12.1 Å². The van der Waals surface area contributed by atoms with E-state index in [9.17, 15) is 19.5 Å². The van der Waals surface area contributed by atoms with Crippen molar-refractivity contribution in [1.29, 1.82) is 0 Å². The monoisotopic (exact) mass is 565 g/mol. The predicted molar refractivity (Wildman–Crippen MR) is 166 cm³/mol. The number of carbonyl (C=O) groups excluding carboxylic acids is 3. The number of nitrogens with zero attached hydrogens (tertiary/aromatic N) is 1. The van der Waals surface area contributed by atoms with Crippen LogP contribution in [0.1, 0.15) is 105 Å². The van der Waals surface area contributed by atoms with Crippen molar-refractivity contribution in [3.05, 3.63) is 71.3 Å². The molecule has 7 heteroatoms. The molecule has 41 heavy (non-hydrogen) atoms. The van der Waals surface area contributed by atoms with E-state index in [1.165, 1.54) is 0 Å². The van der Waals surface area contributed by atoms with Crippen LogP contribution in [0.2, 0.25) is 0 Å². The van der Waals surface area contributed by atoms with Gasteiger partial charge in [0.15, 0.2) is 0 Å². The van der Waals surface area contributed by atoms with Gasteiger partial charge in [0.2, 0.25) is 5.91 Å². The summed E-state index contributed by atoms with van der Waals surface area (Å²) in [6.07, 6.45) is 6.39. The van der Waals surface area contributed by atoms with Gasteiger partial charge in [0.25, 0.3) is 11.8 Å². The lowest BCUT2D eigenvalue weighted by molar-refractivity contribution is -0.126. The van der Waals surface area contributed by atoms with Gasteiger partial charge >= 0.3 is 0 Å². The molecule has 3 amide bonds. The van der Waals surface area contributed by atoms with Gasteiger partial charge in [-0.2, -0.15) is 0 Å². The summed E-state index contributed by atoms with van der Waals surface area (Å²) < 4.78 is 0. The van der Waals surface area contributed by atoms with Crippen LogP contribution in [-0.2, 0) is 11.2 Å². The SMILES string of the molecule is CCCCCCNC(=O)C(CC)CC(O)C(Cc1ccccc1)NC(=O)c1cccc(C(=O)N(CCC)CCC)c1. The van der Waals surface area contributed by atoms with Gasteiger partial charge in [-0.25, -0.2) is 0 Å². The van der Waals surface area contributed by atoms with Crippen LogP contribution < -0.4 is 10.6 Å². The molecule has 0 aliphatic rings. The molecule has 3 unspecified atom stereocenters. The smallest absolute Gasteiger partial charge is 0.253 e. The molecule has 0 aliphatic heterocycles. The van der Waals surface area contributed by atoms with Crippen LogP contribution in [0.15, 0.2) is 54.6 Å². The zero-order valence-corrected chi connectivity index (χ0v) is 25.5. The summed E-state index contributed by atoms with van der Waals surface area (Å²) in [5.74, 6) is -0.848. The molecule has 3 atom stereocenters. The number of benzene rings is 2. The van der Waals surface area contributed by atoms with E-state index in [1.54, 1.807) is 24.3 Å². The topological polar surface area (TPSA) is 98.7 Å². The summed E-state index contributed by atoms with van der Waals surface area (Å²) in [7, 11) is 0.